The molecule has 3 amide bonds. The van der Waals surface area contributed by atoms with E-state index in [0.29, 0.717) is 19.4 Å². The number of aliphatic hydroxyl groups excluding tert-OH is 1. The van der Waals surface area contributed by atoms with Crippen LogP contribution in [0.15, 0.2) is 42.5 Å². The van der Waals surface area contributed by atoms with Crippen molar-refractivity contribution in [3.05, 3.63) is 48.0 Å². The number of rotatable bonds is 6. The minimum atomic E-state index is -1.05. The normalized spacial score (nSPS) is 20.7. The molecule has 2 N–H and O–H groups in total. The quantitative estimate of drug-likeness (QED) is 0.633. The summed E-state index contributed by atoms with van der Waals surface area (Å²) in [5, 5.41) is 13.7. The van der Waals surface area contributed by atoms with Crippen LogP contribution in [0.1, 0.15) is 31.7 Å². The number of nitrogens with zero attached hydrogens (tertiary/aromatic N) is 1. The summed E-state index contributed by atoms with van der Waals surface area (Å²) >= 11 is 0. The Morgan fingerprint density at radius 3 is 2.58 bits per heavy atom. The summed E-state index contributed by atoms with van der Waals surface area (Å²) in [5.41, 5.74) is -0.230. The second-order valence-corrected chi connectivity index (χ2v) is 6.32. The lowest BCUT2D eigenvalue weighted by Crippen LogP contribution is -2.41. The molecule has 0 aromatic heterocycles. The van der Waals surface area contributed by atoms with Gasteiger partial charge in [0, 0.05) is 13.2 Å². The third-order valence-corrected chi connectivity index (χ3v) is 4.64. The fourth-order valence-electron chi connectivity index (χ4n) is 3.30. The van der Waals surface area contributed by atoms with Crippen LogP contribution in [0.3, 0.4) is 0 Å². The Bertz CT molecular complexity index is 769. The largest absolute Gasteiger partial charge is 0.396 e. The molecule has 126 valence electrons. The Morgan fingerprint density at radius 1 is 1.04 bits per heavy atom. The van der Waals surface area contributed by atoms with Crippen LogP contribution in [-0.2, 0) is 10.3 Å². The minimum absolute atomic E-state index is 0.133. The van der Waals surface area contributed by atoms with E-state index in [1.165, 1.54) is 4.90 Å². The third kappa shape index (κ3) is 2.76. The Balaban J connectivity index is 1.90. The molecule has 0 radical (unpaired) electrons. The lowest BCUT2D eigenvalue weighted by Gasteiger charge is -2.24. The summed E-state index contributed by atoms with van der Waals surface area (Å²) < 4.78 is 0. The van der Waals surface area contributed by atoms with Gasteiger partial charge in [-0.15, -0.1) is 0 Å². The molecular weight excluding hydrogens is 304 g/mol. The number of urea groups is 1. The Morgan fingerprint density at radius 2 is 1.79 bits per heavy atom. The summed E-state index contributed by atoms with van der Waals surface area (Å²) in [6.07, 6.45) is 2.17. The van der Waals surface area contributed by atoms with Gasteiger partial charge in [-0.2, -0.15) is 0 Å². The van der Waals surface area contributed by atoms with Gasteiger partial charge in [-0.1, -0.05) is 42.5 Å². The first-order valence-corrected chi connectivity index (χ1v) is 8.31. The van der Waals surface area contributed by atoms with Gasteiger partial charge in [0.25, 0.3) is 5.91 Å². The number of carbonyl (C=O) groups excluding carboxylic acids is 2. The first-order valence-electron chi connectivity index (χ1n) is 8.31. The fourth-order valence-corrected chi connectivity index (χ4v) is 3.30. The van der Waals surface area contributed by atoms with Crippen LogP contribution < -0.4 is 5.32 Å². The average molecular weight is 326 g/mol. The van der Waals surface area contributed by atoms with E-state index >= 15 is 0 Å². The van der Waals surface area contributed by atoms with E-state index in [-0.39, 0.29) is 18.5 Å². The van der Waals surface area contributed by atoms with Crippen LogP contribution in [0.4, 0.5) is 4.79 Å². The molecule has 2 aromatic rings. The SMILES string of the molecule is CC1(c2cccc3ccccc23)NC(=O)N(CCCCCO)C1=O. The predicted octanol–water partition coefficient (Wildman–Crippen LogP) is 2.77. The van der Waals surface area contributed by atoms with Crippen molar-refractivity contribution in [3.63, 3.8) is 0 Å². The highest BCUT2D eigenvalue weighted by molar-refractivity contribution is 6.09. The molecule has 1 atom stereocenters. The molecule has 1 saturated heterocycles. The number of unbranched alkanes of at least 4 members (excludes halogenated alkanes) is 2. The third-order valence-electron chi connectivity index (χ3n) is 4.64. The van der Waals surface area contributed by atoms with E-state index in [0.717, 1.165) is 22.8 Å². The lowest BCUT2D eigenvalue weighted by molar-refractivity contribution is -0.131. The summed E-state index contributed by atoms with van der Waals surface area (Å²) in [4.78, 5) is 26.5. The molecule has 5 heteroatoms. The van der Waals surface area contributed by atoms with Crippen molar-refractivity contribution in [3.8, 4) is 0 Å². The second kappa shape index (κ2) is 6.61. The molecule has 1 unspecified atom stereocenters. The molecular formula is C19H22N2O3. The predicted molar refractivity (Wildman–Crippen MR) is 92.5 cm³/mol. The van der Waals surface area contributed by atoms with E-state index < -0.39 is 5.54 Å². The Kier molecular flexibility index (Phi) is 4.53. The first-order chi connectivity index (χ1) is 11.6. The van der Waals surface area contributed by atoms with Crippen LogP contribution >= 0.6 is 0 Å². The van der Waals surface area contributed by atoms with Crippen molar-refractivity contribution < 1.29 is 14.7 Å². The summed E-state index contributed by atoms with van der Waals surface area (Å²) in [6, 6.07) is 13.3. The molecule has 1 fully saturated rings. The summed E-state index contributed by atoms with van der Waals surface area (Å²) in [7, 11) is 0. The number of benzene rings is 2. The molecule has 0 spiro atoms. The van der Waals surface area contributed by atoms with Crippen molar-refractivity contribution in [2.75, 3.05) is 13.2 Å². The van der Waals surface area contributed by atoms with Crippen molar-refractivity contribution in [1.82, 2.24) is 10.2 Å². The van der Waals surface area contributed by atoms with Crippen LogP contribution in [0.2, 0.25) is 0 Å². The Hall–Kier alpha value is -2.40. The van der Waals surface area contributed by atoms with Gasteiger partial charge in [0.2, 0.25) is 0 Å². The molecule has 0 bridgehead atoms. The van der Waals surface area contributed by atoms with Gasteiger partial charge in [-0.05, 0) is 42.5 Å². The van der Waals surface area contributed by atoms with Gasteiger partial charge in [-0.25, -0.2) is 4.79 Å². The number of aliphatic hydroxyl groups is 1. The molecule has 2 aromatic carbocycles. The molecule has 3 rings (SSSR count). The summed E-state index contributed by atoms with van der Waals surface area (Å²) in [6.45, 7) is 2.28. The highest BCUT2D eigenvalue weighted by Crippen LogP contribution is 2.33. The molecule has 1 aliphatic heterocycles. The average Bonchev–Trinajstić information content (AvgIpc) is 2.81. The molecule has 0 aliphatic carbocycles. The number of amides is 3. The van der Waals surface area contributed by atoms with Crippen molar-refractivity contribution in [2.45, 2.75) is 31.7 Å². The number of nitrogens with one attached hydrogen (secondary N) is 1. The van der Waals surface area contributed by atoms with Gasteiger partial charge >= 0.3 is 6.03 Å². The minimum Gasteiger partial charge on any atom is -0.396 e. The van der Waals surface area contributed by atoms with Crippen LogP contribution in [0, 0.1) is 0 Å². The van der Waals surface area contributed by atoms with E-state index in [4.69, 9.17) is 5.11 Å². The van der Waals surface area contributed by atoms with Gasteiger partial charge < -0.3 is 10.4 Å². The van der Waals surface area contributed by atoms with Crippen molar-refractivity contribution in [2.24, 2.45) is 0 Å². The molecule has 5 nitrogen and oxygen atoms in total. The zero-order valence-electron chi connectivity index (χ0n) is 13.8. The number of carbonyl (C=O) groups is 2. The van der Waals surface area contributed by atoms with Crippen LogP contribution in [0.5, 0.6) is 0 Å². The van der Waals surface area contributed by atoms with Gasteiger partial charge in [0.1, 0.15) is 5.54 Å². The van der Waals surface area contributed by atoms with Crippen LogP contribution in [0.25, 0.3) is 10.8 Å². The molecule has 1 aliphatic rings. The van der Waals surface area contributed by atoms with Gasteiger partial charge in [0.05, 0.1) is 0 Å². The van der Waals surface area contributed by atoms with E-state index in [2.05, 4.69) is 5.32 Å². The smallest absolute Gasteiger partial charge is 0.325 e. The lowest BCUT2D eigenvalue weighted by atomic mass is 9.88. The van der Waals surface area contributed by atoms with Crippen molar-refractivity contribution in [1.29, 1.82) is 0 Å². The van der Waals surface area contributed by atoms with E-state index in [1.807, 2.05) is 42.5 Å². The number of imide groups is 1. The second-order valence-electron chi connectivity index (χ2n) is 6.32. The Labute approximate surface area is 141 Å². The van der Waals surface area contributed by atoms with Crippen molar-refractivity contribution >= 4 is 22.7 Å². The standard InChI is InChI=1S/C19H22N2O3/c1-19(16-11-7-9-14-8-3-4-10-15(14)16)17(23)21(18(24)20-19)12-5-2-6-13-22/h3-4,7-11,22H,2,5-6,12-13H2,1H3,(H,20,24). The topological polar surface area (TPSA) is 69.6 Å². The van der Waals surface area contributed by atoms with Gasteiger partial charge in [-0.3, -0.25) is 9.69 Å². The molecule has 24 heavy (non-hydrogen) atoms. The maximum Gasteiger partial charge on any atom is 0.325 e. The molecule has 0 saturated carbocycles. The van der Waals surface area contributed by atoms with Crippen LogP contribution in [-0.4, -0.2) is 35.1 Å². The van der Waals surface area contributed by atoms with E-state index in [1.54, 1.807) is 6.92 Å². The summed E-state index contributed by atoms with van der Waals surface area (Å²) in [5.74, 6) is -0.215. The monoisotopic (exact) mass is 326 g/mol. The van der Waals surface area contributed by atoms with Gasteiger partial charge in [0.15, 0.2) is 0 Å². The number of fused-ring (bicyclic) bond motifs is 1. The maximum absolute atomic E-state index is 12.9. The zero-order valence-corrected chi connectivity index (χ0v) is 13.8. The first kappa shape index (κ1) is 16.5. The highest BCUT2D eigenvalue weighted by atomic mass is 16.3. The number of hydrogen-bond donors (Lipinski definition) is 2. The zero-order chi connectivity index (χ0) is 17.2. The highest BCUT2D eigenvalue weighted by Gasteiger charge is 2.49. The molecule has 1 heterocycles. The fraction of sp³-hybridized carbons (Fsp3) is 0.368. The van der Waals surface area contributed by atoms with E-state index in [9.17, 15) is 9.59 Å². The number of hydrogen-bond acceptors (Lipinski definition) is 3. The maximum atomic E-state index is 12.9.